The fourth-order valence-electron chi connectivity index (χ4n) is 1.59. The lowest BCUT2D eigenvalue weighted by Crippen LogP contribution is -2.10. The molecule has 0 radical (unpaired) electrons. The Kier molecular flexibility index (Phi) is 4.28. The molecule has 0 aromatic carbocycles. The highest BCUT2D eigenvalue weighted by Gasteiger charge is 2.15. The van der Waals surface area contributed by atoms with Gasteiger partial charge in [0.2, 0.25) is 0 Å². The van der Waals surface area contributed by atoms with Crippen molar-refractivity contribution < 1.29 is 4.92 Å². The van der Waals surface area contributed by atoms with Crippen LogP contribution in [0.3, 0.4) is 0 Å². The molecule has 19 heavy (non-hydrogen) atoms. The molecule has 2 rings (SSSR count). The first kappa shape index (κ1) is 13.7. The highest BCUT2D eigenvalue weighted by molar-refractivity contribution is 7.09. The lowest BCUT2D eigenvalue weighted by Gasteiger charge is -2.14. The van der Waals surface area contributed by atoms with E-state index in [1.807, 2.05) is 12.3 Å². The van der Waals surface area contributed by atoms with Gasteiger partial charge in [-0.25, -0.2) is 9.97 Å². The molecule has 0 amide bonds. The Morgan fingerprint density at radius 3 is 2.95 bits per heavy atom. The molecule has 0 aliphatic rings. The highest BCUT2D eigenvalue weighted by Crippen LogP contribution is 2.26. The number of nitrogens with one attached hydrogen (secondary N) is 1. The zero-order valence-corrected chi connectivity index (χ0v) is 11.6. The van der Waals surface area contributed by atoms with Crippen LogP contribution in [0.25, 0.3) is 0 Å². The summed E-state index contributed by atoms with van der Waals surface area (Å²) in [5.74, 6) is 0.376. The van der Waals surface area contributed by atoms with Gasteiger partial charge in [0, 0.05) is 11.6 Å². The van der Waals surface area contributed by atoms with Gasteiger partial charge in [0.05, 0.1) is 23.1 Å². The molecule has 2 heterocycles. The zero-order valence-electron chi connectivity index (χ0n) is 10.0. The quantitative estimate of drug-likeness (QED) is 0.517. The minimum Gasteiger partial charge on any atom is -0.361 e. The van der Waals surface area contributed by atoms with E-state index in [9.17, 15) is 10.1 Å². The van der Waals surface area contributed by atoms with Crippen LogP contribution in [0.4, 0.5) is 11.5 Å². The van der Waals surface area contributed by atoms with Crippen molar-refractivity contribution in [2.75, 3.05) is 5.32 Å². The number of pyridine rings is 1. The number of hydrogen-bond acceptors (Lipinski definition) is 6. The Bertz CT molecular complexity index is 576. The van der Waals surface area contributed by atoms with Crippen LogP contribution >= 0.6 is 22.9 Å². The van der Waals surface area contributed by atoms with E-state index in [2.05, 4.69) is 15.3 Å². The molecule has 2 aromatic heterocycles. The zero-order chi connectivity index (χ0) is 13.8. The normalized spacial score (nSPS) is 12.1. The summed E-state index contributed by atoms with van der Waals surface area (Å²) in [5, 5.41) is 16.8. The van der Waals surface area contributed by atoms with Gasteiger partial charge in [-0.15, -0.1) is 11.3 Å². The number of aromatic nitrogens is 2. The van der Waals surface area contributed by atoms with Crippen LogP contribution in [0.1, 0.15) is 24.4 Å². The maximum atomic E-state index is 10.8. The van der Waals surface area contributed by atoms with E-state index in [0.717, 1.165) is 11.4 Å². The summed E-state index contributed by atoms with van der Waals surface area (Å²) < 4.78 is 0. The third-order valence-electron chi connectivity index (χ3n) is 2.47. The van der Waals surface area contributed by atoms with E-state index in [-0.39, 0.29) is 16.9 Å². The van der Waals surface area contributed by atoms with Crippen LogP contribution in [0.5, 0.6) is 0 Å². The molecule has 8 heteroatoms. The fraction of sp³-hybridized carbons (Fsp3) is 0.273. The minimum atomic E-state index is -0.497. The second-order valence-electron chi connectivity index (χ2n) is 3.77. The second-order valence-corrected chi connectivity index (χ2v) is 5.08. The largest absolute Gasteiger partial charge is 0.361 e. The van der Waals surface area contributed by atoms with Crippen molar-refractivity contribution in [3.63, 3.8) is 0 Å². The van der Waals surface area contributed by atoms with Crippen molar-refractivity contribution in [2.24, 2.45) is 0 Å². The van der Waals surface area contributed by atoms with Gasteiger partial charge in [-0.05, 0) is 6.42 Å². The summed E-state index contributed by atoms with van der Waals surface area (Å²) in [5.41, 5.74) is -0.0866. The standard InChI is InChI=1S/C11H11ClN4O2S/c1-2-8(11-13-3-4-19-11)14-10-6-7(16(17)18)5-9(12)15-10/h3-6,8H,2H2,1H3,(H,14,15). The van der Waals surface area contributed by atoms with Crippen molar-refractivity contribution in [3.05, 3.63) is 44.0 Å². The number of nitro groups is 1. The number of anilines is 1. The van der Waals surface area contributed by atoms with E-state index in [0.29, 0.717) is 5.82 Å². The average Bonchev–Trinajstić information content (AvgIpc) is 2.89. The van der Waals surface area contributed by atoms with Gasteiger partial charge in [0.15, 0.2) is 0 Å². The van der Waals surface area contributed by atoms with Crippen molar-refractivity contribution in [2.45, 2.75) is 19.4 Å². The maximum Gasteiger partial charge on any atom is 0.276 e. The van der Waals surface area contributed by atoms with Crippen LogP contribution in [0, 0.1) is 10.1 Å². The topological polar surface area (TPSA) is 81.0 Å². The number of halogens is 1. The van der Waals surface area contributed by atoms with Gasteiger partial charge in [0.25, 0.3) is 5.69 Å². The first-order valence-electron chi connectivity index (χ1n) is 5.58. The van der Waals surface area contributed by atoms with Gasteiger partial charge >= 0.3 is 0 Å². The molecule has 6 nitrogen and oxygen atoms in total. The van der Waals surface area contributed by atoms with Gasteiger partial charge in [-0.1, -0.05) is 18.5 Å². The smallest absolute Gasteiger partial charge is 0.276 e. The summed E-state index contributed by atoms with van der Waals surface area (Å²) in [7, 11) is 0. The monoisotopic (exact) mass is 298 g/mol. The van der Waals surface area contributed by atoms with E-state index >= 15 is 0 Å². The summed E-state index contributed by atoms with van der Waals surface area (Å²) in [6.45, 7) is 2.00. The predicted octanol–water partition coefficient (Wildman–Crippen LogP) is 3.66. The molecule has 100 valence electrons. The molecule has 1 atom stereocenters. The van der Waals surface area contributed by atoms with Crippen molar-refractivity contribution >= 4 is 34.4 Å². The minimum absolute atomic E-state index is 0.0365. The molecule has 0 fully saturated rings. The van der Waals surface area contributed by atoms with Crippen LogP contribution in [-0.4, -0.2) is 14.9 Å². The van der Waals surface area contributed by atoms with Gasteiger partial charge in [-0.2, -0.15) is 0 Å². The fourth-order valence-corrected chi connectivity index (χ4v) is 2.56. The molecule has 1 unspecified atom stereocenters. The molecular weight excluding hydrogens is 288 g/mol. The Hall–Kier alpha value is -1.73. The lowest BCUT2D eigenvalue weighted by atomic mass is 10.2. The number of thiazole rings is 1. The number of rotatable bonds is 5. The lowest BCUT2D eigenvalue weighted by molar-refractivity contribution is -0.384. The van der Waals surface area contributed by atoms with Crippen LogP contribution < -0.4 is 5.32 Å². The molecular formula is C11H11ClN4O2S. The molecule has 0 aliphatic carbocycles. The van der Waals surface area contributed by atoms with Gasteiger partial charge in [-0.3, -0.25) is 10.1 Å². The third-order valence-corrected chi connectivity index (χ3v) is 3.55. The number of hydrogen-bond donors (Lipinski definition) is 1. The van der Waals surface area contributed by atoms with Gasteiger partial charge < -0.3 is 5.32 Å². The molecule has 0 saturated carbocycles. The predicted molar refractivity (Wildman–Crippen MR) is 74.7 cm³/mol. The summed E-state index contributed by atoms with van der Waals surface area (Å²) in [4.78, 5) is 18.5. The van der Waals surface area contributed by atoms with E-state index < -0.39 is 4.92 Å². The molecule has 0 bridgehead atoms. The third kappa shape index (κ3) is 3.39. The van der Waals surface area contributed by atoms with Crippen LogP contribution in [-0.2, 0) is 0 Å². The molecule has 0 spiro atoms. The van der Waals surface area contributed by atoms with Gasteiger partial charge in [0.1, 0.15) is 16.0 Å². The van der Waals surface area contributed by atoms with E-state index in [4.69, 9.17) is 11.6 Å². The second kappa shape index (κ2) is 5.94. The highest BCUT2D eigenvalue weighted by atomic mass is 35.5. The Morgan fingerprint density at radius 1 is 1.58 bits per heavy atom. The van der Waals surface area contributed by atoms with Crippen LogP contribution in [0.15, 0.2) is 23.7 Å². The maximum absolute atomic E-state index is 10.8. The van der Waals surface area contributed by atoms with Crippen molar-refractivity contribution in [1.82, 2.24) is 9.97 Å². The Morgan fingerprint density at radius 2 is 2.37 bits per heavy atom. The van der Waals surface area contributed by atoms with Crippen LogP contribution in [0.2, 0.25) is 5.15 Å². The average molecular weight is 299 g/mol. The molecule has 1 N–H and O–H groups in total. The van der Waals surface area contributed by atoms with Crippen molar-refractivity contribution in [3.8, 4) is 0 Å². The Labute approximate surface area is 118 Å². The van der Waals surface area contributed by atoms with E-state index in [1.165, 1.54) is 23.5 Å². The van der Waals surface area contributed by atoms with E-state index in [1.54, 1.807) is 6.20 Å². The molecule has 0 saturated heterocycles. The molecule has 0 aliphatic heterocycles. The summed E-state index contributed by atoms with van der Waals surface area (Å²) in [6.07, 6.45) is 2.51. The first-order chi connectivity index (χ1) is 9.10. The summed E-state index contributed by atoms with van der Waals surface area (Å²) >= 11 is 7.30. The first-order valence-corrected chi connectivity index (χ1v) is 6.83. The Balaban J connectivity index is 2.24. The van der Waals surface area contributed by atoms with Crippen molar-refractivity contribution in [1.29, 1.82) is 0 Å². The molecule has 2 aromatic rings. The SMILES string of the molecule is CCC(Nc1cc([N+](=O)[O-])cc(Cl)n1)c1nccs1. The number of nitrogens with zero attached hydrogens (tertiary/aromatic N) is 3. The summed E-state index contributed by atoms with van der Waals surface area (Å²) in [6, 6.07) is 2.55.